The minimum atomic E-state index is -0.889. The van der Waals surface area contributed by atoms with Gasteiger partial charge in [-0.2, -0.15) is 0 Å². The first-order valence-corrected chi connectivity index (χ1v) is 7.99. The standard InChI is InChI=1S/C18H22O5/c1-17(2)15(19)14(8-9-18(17)22-10-11-23-18)16(20)21-12-13-6-4-3-5-7-13/h3-7,14H,8-12H2,1-2H3. The van der Waals surface area contributed by atoms with Crippen molar-refractivity contribution in [1.82, 2.24) is 0 Å². The first kappa shape index (κ1) is 16.1. The fourth-order valence-electron chi connectivity index (χ4n) is 3.42. The van der Waals surface area contributed by atoms with Crippen LogP contribution in [0.15, 0.2) is 30.3 Å². The Morgan fingerprint density at radius 2 is 1.87 bits per heavy atom. The van der Waals surface area contributed by atoms with Crippen LogP contribution in [0, 0.1) is 11.3 Å². The molecule has 2 aliphatic rings. The second-order valence-electron chi connectivity index (χ2n) is 6.62. The molecular weight excluding hydrogens is 296 g/mol. The summed E-state index contributed by atoms with van der Waals surface area (Å²) in [7, 11) is 0. The maximum absolute atomic E-state index is 12.8. The lowest BCUT2D eigenvalue weighted by atomic mass is 9.66. The van der Waals surface area contributed by atoms with E-state index in [9.17, 15) is 9.59 Å². The van der Waals surface area contributed by atoms with Crippen LogP contribution in [0.2, 0.25) is 0 Å². The van der Waals surface area contributed by atoms with E-state index >= 15 is 0 Å². The van der Waals surface area contributed by atoms with Gasteiger partial charge >= 0.3 is 5.97 Å². The lowest BCUT2D eigenvalue weighted by Gasteiger charge is -2.46. The average molecular weight is 318 g/mol. The number of ether oxygens (including phenoxy) is 3. The molecule has 1 saturated carbocycles. The lowest BCUT2D eigenvalue weighted by molar-refractivity contribution is -0.241. The molecule has 1 saturated heterocycles. The van der Waals surface area contributed by atoms with Gasteiger partial charge in [-0.3, -0.25) is 9.59 Å². The molecule has 0 bridgehead atoms. The molecule has 0 N–H and O–H groups in total. The molecule has 23 heavy (non-hydrogen) atoms. The van der Waals surface area contributed by atoms with Crippen molar-refractivity contribution in [1.29, 1.82) is 0 Å². The van der Waals surface area contributed by atoms with Crippen LogP contribution in [0.25, 0.3) is 0 Å². The Hall–Kier alpha value is -1.72. The number of hydrogen-bond donors (Lipinski definition) is 0. The monoisotopic (exact) mass is 318 g/mol. The number of benzene rings is 1. The van der Waals surface area contributed by atoms with Crippen LogP contribution in [-0.4, -0.2) is 30.8 Å². The third-order valence-electron chi connectivity index (χ3n) is 4.91. The van der Waals surface area contributed by atoms with Crippen LogP contribution in [0.4, 0.5) is 0 Å². The summed E-state index contributed by atoms with van der Waals surface area (Å²) in [6.45, 7) is 4.73. The van der Waals surface area contributed by atoms with Crippen molar-refractivity contribution in [3.05, 3.63) is 35.9 Å². The van der Waals surface area contributed by atoms with Crippen molar-refractivity contribution in [2.45, 2.75) is 39.1 Å². The molecule has 0 aromatic heterocycles. The SMILES string of the molecule is CC1(C)C(=O)C(C(=O)OCc2ccccc2)CCC12OCCO2. The van der Waals surface area contributed by atoms with E-state index in [2.05, 4.69) is 0 Å². The third-order valence-corrected chi connectivity index (χ3v) is 4.91. The van der Waals surface area contributed by atoms with Crippen molar-refractivity contribution in [2.75, 3.05) is 13.2 Å². The lowest BCUT2D eigenvalue weighted by Crippen LogP contribution is -2.57. The average Bonchev–Trinajstić information content (AvgIpc) is 3.03. The minimum Gasteiger partial charge on any atom is -0.460 e. The summed E-state index contributed by atoms with van der Waals surface area (Å²) >= 11 is 0. The molecule has 1 aromatic carbocycles. The number of carbonyl (C=O) groups excluding carboxylic acids is 2. The first-order chi connectivity index (χ1) is 11.0. The van der Waals surface area contributed by atoms with E-state index < -0.39 is 23.1 Å². The third kappa shape index (κ3) is 2.79. The molecule has 1 spiro atoms. The van der Waals surface area contributed by atoms with E-state index in [0.717, 1.165) is 5.56 Å². The van der Waals surface area contributed by atoms with Gasteiger partial charge in [0.15, 0.2) is 11.6 Å². The zero-order valence-electron chi connectivity index (χ0n) is 13.5. The Labute approximate surface area is 135 Å². The molecule has 1 atom stereocenters. The van der Waals surface area contributed by atoms with E-state index in [0.29, 0.717) is 26.1 Å². The van der Waals surface area contributed by atoms with Crippen molar-refractivity contribution in [3.63, 3.8) is 0 Å². The number of Topliss-reactive ketones (excluding diaryl/α,β-unsaturated/α-hetero) is 1. The maximum Gasteiger partial charge on any atom is 0.316 e. The van der Waals surface area contributed by atoms with Crippen molar-refractivity contribution >= 4 is 11.8 Å². The van der Waals surface area contributed by atoms with Gasteiger partial charge < -0.3 is 14.2 Å². The molecule has 0 amide bonds. The second-order valence-corrected chi connectivity index (χ2v) is 6.62. The molecule has 2 fully saturated rings. The minimum absolute atomic E-state index is 0.163. The van der Waals surface area contributed by atoms with E-state index in [-0.39, 0.29) is 12.4 Å². The summed E-state index contributed by atoms with van der Waals surface area (Å²) in [5.74, 6) is -2.25. The van der Waals surface area contributed by atoms with Gasteiger partial charge in [-0.1, -0.05) is 30.3 Å². The number of esters is 1. The number of carbonyl (C=O) groups is 2. The molecule has 0 radical (unpaired) electrons. The molecular formula is C18H22O5. The summed E-state index contributed by atoms with van der Waals surface area (Å²) in [5.41, 5.74) is 0.0420. The van der Waals surface area contributed by atoms with Gasteiger partial charge in [-0.25, -0.2) is 0 Å². The van der Waals surface area contributed by atoms with Crippen LogP contribution < -0.4 is 0 Å². The predicted octanol–water partition coefficient (Wildman–Crippen LogP) is 2.48. The molecule has 1 heterocycles. The predicted molar refractivity (Wildman–Crippen MR) is 82.4 cm³/mol. The number of ketones is 1. The fraction of sp³-hybridized carbons (Fsp3) is 0.556. The molecule has 1 aliphatic heterocycles. The Morgan fingerprint density at radius 1 is 1.22 bits per heavy atom. The Kier molecular flexibility index (Phi) is 4.25. The maximum atomic E-state index is 12.8. The highest BCUT2D eigenvalue weighted by Gasteiger charge is 2.60. The van der Waals surface area contributed by atoms with Gasteiger partial charge in [0.1, 0.15) is 12.5 Å². The van der Waals surface area contributed by atoms with Crippen molar-refractivity contribution in [3.8, 4) is 0 Å². The van der Waals surface area contributed by atoms with E-state index in [4.69, 9.17) is 14.2 Å². The Morgan fingerprint density at radius 3 is 2.52 bits per heavy atom. The Bertz CT molecular complexity index is 587. The molecule has 124 valence electrons. The number of hydrogen-bond acceptors (Lipinski definition) is 5. The molecule has 5 heteroatoms. The Balaban J connectivity index is 1.67. The quantitative estimate of drug-likeness (QED) is 0.633. The first-order valence-electron chi connectivity index (χ1n) is 7.99. The fourth-order valence-corrected chi connectivity index (χ4v) is 3.42. The van der Waals surface area contributed by atoms with Gasteiger partial charge in [0.2, 0.25) is 0 Å². The molecule has 3 rings (SSSR count). The summed E-state index contributed by atoms with van der Waals surface area (Å²) < 4.78 is 16.8. The highest BCUT2D eigenvalue weighted by Crippen LogP contribution is 2.48. The normalized spacial score (nSPS) is 25.5. The van der Waals surface area contributed by atoms with Gasteiger partial charge in [-0.15, -0.1) is 0 Å². The highest BCUT2D eigenvalue weighted by atomic mass is 16.7. The van der Waals surface area contributed by atoms with E-state index in [1.807, 2.05) is 30.3 Å². The topological polar surface area (TPSA) is 61.8 Å². The smallest absolute Gasteiger partial charge is 0.316 e. The van der Waals surface area contributed by atoms with E-state index in [1.165, 1.54) is 0 Å². The van der Waals surface area contributed by atoms with Crippen LogP contribution in [0.5, 0.6) is 0 Å². The van der Waals surface area contributed by atoms with Crippen LogP contribution in [0.1, 0.15) is 32.3 Å². The largest absolute Gasteiger partial charge is 0.460 e. The van der Waals surface area contributed by atoms with Gasteiger partial charge in [-0.05, 0) is 25.8 Å². The number of rotatable bonds is 3. The van der Waals surface area contributed by atoms with Gasteiger partial charge in [0.25, 0.3) is 0 Å². The summed E-state index contributed by atoms with van der Waals surface area (Å²) in [5, 5.41) is 0. The summed E-state index contributed by atoms with van der Waals surface area (Å²) in [4.78, 5) is 25.1. The zero-order valence-corrected chi connectivity index (χ0v) is 13.5. The highest BCUT2D eigenvalue weighted by molar-refractivity contribution is 6.02. The van der Waals surface area contributed by atoms with Crippen molar-refractivity contribution in [2.24, 2.45) is 11.3 Å². The molecule has 5 nitrogen and oxygen atoms in total. The van der Waals surface area contributed by atoms with Crippen molar-refractivity contribution < 1.29 is 23.8 Å². The van der Waals surface area contributed by atoms with Crippen LogP contribution in [0.3, 0.4) is 0 Å². The summed E-state index contributed by atoms with van der Waals surface area (Å²) in [6.07, 6.45) is 0.923. The van der Waals surface area contributed by atoms with Crippen LogP contribution >= 0.6 is 0 Å². The molecule has 1 aliphatic carbocycles. The van der Waals surface area contributed by atoms with E-state index in [1.54, 1.807) is 13.8 Å². The summed E-state index contributed by atoms with van der Waals surface area (Å²) in [6, 6.07) is 9.44. The molecule has 1 aromatic rings. The van der Waals surface area contributed by atoms with Crippen LogP contribution in [-0.2, 0) is 30.4 Å². The second kappa shape index (κ2) is 6.06. The zero-order chi connectivity index (χ0) is 16.5. The van der Waals surface area contributed by atoms with Gasteiger partial charge in [0, 0.05) is 6.42 Å². The van der Waals surface area contributed by atoms with Gasteiger partial charge in [0.05, 0.1) is 18.6 Å². The molecule has 1 unspecified atom stereocenters.